The number of nitrogens with zero attached hydrogens (tertiary/aromatic N) is 2. The van der Waals surface area contributed by atoms with Gasteiger partial charge >= 0.3 is 5.97 Å². The van der Waals surface area contributed by atoms with Crippen molar-refractivity contribution < 1.29 is 14.6 Å². The first kappa shape index (κ1) is 15.6. The van der Waals surface area contributed by atoms with E-state index in [1.165, 1.54) is 0 Å². The molecule has 0 aromatic carbocycles. The summed E-state index contributed by atoms with van der Waals surface area (Å²) in [5.74, 6) is 0.165. The number of hydrogen-bond acceptors (Lipinski definition) is 6. The van der Waals surface area contributed by atoms with Crippen molar-refractivity contribution in [3.05, 3.63) is 17.8 Å². The van der Waals surface area contributed by atoms with Crippen LogP contribution in [0.4, 0.5) is 11.5 Å². The van der Waals surface area contributed by atoms with E-state index < -0.39 is 11.6 Å². The van der Waals surface area contributed by atoms with Gasteiger partial charge in [-0.05, 0) is 39.2 Å². The molecule has 0 bridgehead atoms. The quantitative estimate of drug-likeness (QED) is 0.823. The second kappa shape index (κ2) is 6.30. The van der Waals surface area contributed by atoms with Crippen LogP contribution in [-0.4, -0.2) is 41.4 Å². The molecule has 6 nitrogen and oxygen atoms in total. The Hall–Kier alpha value is -1.82. The largest absolute Gasteiger partial charge is 0.462 e. The van der Waals surface area contributed by atoms with Crippen LogP contribution in [0.2, 0.25) is 0 Å². The van der Waals surface area contributed by atoms with Crippen molar-refractivity contribution in [1.82, 2.24) is 4.98 Å². The fraction of sp³-hybridized carbons (Fsp3) is 0.600. The number of carbonyl (C=O) groups is 1. The summed E-state index contributed by atoms with van der Waals surface area (Å²) >= 11 is 0. The third kappa shape index (κ3) is 3.64. The van der Waals surface area contributed by atoms with Gasteiger partial charge in [0.25, 0.3) is 0 Å². The van der Waals surface area contributed by atoms with E-state index in [4.69, 9.17) is 10.5 Å². The number of aromatic nitrogens is 1. The SMILES string of the molecule is CCOC(=O)c1ccnc(N2CCCC(C)(O)CC2)c1N. The summed E-state index contributed by atoms with van der Waals surface area (Å²) in [5.41, 5.74) is 6.14. The highest BCUT2D eigenvalue weighted by atomic mass is 16.5. The summed E-state index contributed by atoms with van der Waals surface area (Å²) in [5, 5.41) is 10.1. The number of nitrogen functional groups attached to an aromatic ring is 1. The van der Waals surface area contributed by atoms with E-state index in [1.54, 1.807) is 19.2 Å². The number of carbonyl (C=O) groups excluding carboxylic acids is 1. The van der Waals surface area contributed by atoms with Gasteiger partial charge in [0.2, 0.25) is 0 Å². The Morgan fingerprint density at radius 3 is 3.00 bits per heavy atom. The number of esters is 1. The molecule has 1 aromatic heterocycles. The minimum atomic E-state index is -0.651. The molecule has 0 saturated carbocycles. The van der Waals surface area contributed by atoms with E-state index >= 15 is 0 Å². The maximum atomic E-state index is 11.9. The van der Waals surface area contributed by atoms with Crippen LogP contribution >= 0.6 is 0 Å². The van der Waals surface area contributed by atoms with Crippen LogP contribution in [0.1, 0.15) is 43.5 Å². The Morgan fingerprint density at radius 1 is 1.52 bits per heavy atom. The van der Waals surface area contributed by atoms with E-state index in [0.29, 0.717) is 36.6 Å². The number of anilines is 2. The standard InChI is InChI=1S/C15H23N3O3/c1-3-21-14(19)11-5-8-17-13(12(11)16)18-9-4-6-15(2,20)7-10-18/h5,8,20H,3-4,6-7,9-10,16H2,1-2H3. The maximum Gasteiger partial charge on any atom is 0.340 e. The zero-order valence-electron chi connectivity index (χ0n) is 12.6. The van der Waals surface area contributed by atoms with Crippen molar-refractivity contribution in [2.75, 3.05) is 30.3 Å². The summed E-state index contributed by atoms with van der Waals surface area (Å²) in [6.07, 6.45) is 3.83. The zero-order chi connectivity index (χ0) is 15.5. The molecule has 0 spiro atoms. The molecule has 0 amide bonds. The Bertz CT molecular complexity index is 517. The van der Waals surface area contributed by atoms with Gasteiger partial charge in [0.1, 0.15) is 0 Å². The lowest BCUT2D eigenvalue weighted by Crippen LogP contribution is -2.29. The average Bonchev–Trinajstić information content (AvgIpc) is 2.60. The molecule has 1 unspecified atom stereocenters. The smallest absolute Gasteiger partial charge is 0.340 e. The van der Waals surface area contributed by atoms with E-state index in [-0.39, 0.29) is 0 Å². The normalized spacial score (nSPS) is 22.7. The number of rotatable bonds is 3. The third-order valence-corrected chi connectivity index (χ3v) is 3.83. The van der Waals surface area contributed by atoms with Crippen molar-refractivity contribution in [2.24, 2.45) is 0 Å². The van der Waals surface area contributed by atoms with Gasteiger partial charge in [-0.15, -0.1) is 0 Å². The lowest BCUT2D eigenvalue weighted by Gasteiger charge is -2.25. The molecule has 116 valence electrons. The maximum absolute atomic E-state index is 11.9. The van der Waals surface area contributed by atoms with E-state index in [9.17, 15) is 9.90 Å². The van der Waals surface area contributed by atoms with Crippen LogP contribution in [-0.2, 0) is 4.74 Å². The number of aliphatic hydroxyl groups is 1. The van der Waals surface area contributed by atoms with Gasteiger partial charge in [0, 0.05) is 19.3 Å². The highest BCUT2D eigenvalue weighted by Crippen LogP contribution is 2.29. The molecule has 21 heavy (non-hydrogen) atoms. The van der Waals surface area contributed by atoms with Crippen LogP contribution in [0.25, 0.3) is 0 Å². The molecule has 1 aliphatic heterocycles. The molecule has 3 N–H and O–H groups in total. The molecule has 2 rings (SSSR count). The monoisotopic (exact) mass is 293 g/mol. The van der Waals surface area contributed by atoms with Gasteiger partial charge in [0.05, 0.1) is 23.5 Å². The number of pyridine rings is 1. The van der Waals surface area contributed by atoms with Gasteiger partial charge in [-0.3, -0.25) is 0 Å². The summed E-state index contributed by atoms with van der Waals surface area (Å²) in [6, 6.07) is 1.57. The summed E-state index contributed by atoms with van der Waals surface area (Å²) in [6.45, 7) is 5.34. The van der Waals surface area contributed by atoms with Crippen molar-refractivity contribution in [3.63, 3.8) is 0 Å². The summed E-state index contributed by atoms with van der Waals surface area (Å²) in [7, 11) is 0. The molecule has 0 radical (unpaired) electrons. The van der Waals surface area contributed by atoms with Crippen LogP contribution in [0, 0.1) is 0 Å². The average molecular weight is 293 g/mol. The molecule has 1 saturated heterocycles. The van der Waals surface area contributed by atoms with Gasteiger partial charge in [-0.25, -0.2) is 9.78 Å². The lowest BCUT2D eigenvalue weighted by atomic mass is 9.98. The van der Waals surface area contributed by atoms with Gasteiger partial charge in [0.15, 0.2) is 5.82 Å². The molecule has 1 aliphatic rings. The van der Waals surface area contributed by atoms with Gasteiger partial charge in [-0.2, -0.15) is 0 Å². The van der Waals surface area contributed by atoms with Crippen molar-refractivity contribution in [2.45, 2.75) is 38.7 Å². The van der Waals surface area contributed by atoms with Crippen LogP contribution in [0.5, 0.6) is 0 Å². The van der Waals surface area contributed by atoms with E-state index in [0.717, 1.165) is 19.4 Å². The minimum Gasteiger partial charge on any atom is -0.462 e. The number of ether oxygens (including phenoxy) is 1. The Labute approximate surface area is 124 Å². The fourth-order valence-corrected chi connectivity index (χ4v) is 2.58. The second-order valence-corrected chi connectivity index (χ2v) is 5.65. The van der Waals surface area contributed by atoms with Crippen molar-refractivity contribution >= 4 is 17.5 Å². The molecule has 1 atom stereocenters. The molecule has 6 heteroatoms. The summed E-state index contributed by atoms with van der Waals surface area (Å²) in [4.78, 5) is 18.2. The lowest BCUT2D eigenvalue weighted by molar-refractivity contribution is 0.0480. The van der Waals surface area contributed by atoms with Crippen molar-refractivity contribution in [1.29, 1.82) is 0 Å². The highest BCUT2D eigenvalue weighted by molar-refractivity contribution is 5.97. The predicted molar refractivity (Wildman–Crippen MR) is 81.3 cm³/mol. The van der Waals surface area contributed by atoms with Crippen LogP contribution in [0.3, 0.4) is 0 Å². The second-order valence-electron chi connectivity index (χ2n) is 5.65. The number of hydrogen-bond donors (Lipinski definition) is 2. The predicted octanol–water partition coefficient (Wildman–Crippen LogP) is 1.58. The Balaban J connectivity index is 2.24. The topological polar surface area (TPSA) is 88.7 Å². The molecular weight excluding hydrogens is 270 g/mol. The molecule has 2 heterocycles. The molecular formula is C15H23N3O3. The van der Waals surface area contributed by atoms with E-state index in [2.05, 4.69) is 4.98 Å². The highest BCUT2D eigenvalue weighted by Gasteiger charge is 2.27. The first-order valence-electron chi connectivity index (χ1n) is 7.33. The van der Waals surface area contributed by atoms with Gasteiger partial charge < -0.3 is 20.5 Å². The molecule has 0 aliphatic carbocycles. The molecule has 1 fully saturated rings. The third-order valence-electron chi connectivity index (χ3n) is 3.83. The zero-order valence-corrected chi connectivity index (χ0v) is 12.6. The van der Waals surface area contributed by atoms with Gasteiger partial charge in [-0.1, -0.05) is 0 Å². The summed E-state index contributed by atoms with van der Waals surface area (Å²) < 4.78 is 5.00. The Morgan fingerprint density at radius 2 is 2.29 bits per heavy atom. The fourth-order valence-electron chi connectivity index (χ4n) is 2.58. The van der Waals surface area contributed by atoms with Crippen LogP contribution in [0.15, 0.2) is 12.3 Å². The first-order valence-corrected chi connectivity index (χ1v) is 7.33. The number of nitrogens with two attached hydrogens (primary N) is 1. The van der Waals surface area contributed by atoms with Crippen LogP contribution < -0.4 is 10.6 Å². The minimum absolute atomic E-state index is 0.308. The Kier molecular flexibility index (Phi) is 4.67. The first-order chi connectivity index (χ1) is 9.94. The van der Waals surface area contributed by atoms with E-state index in [1.807, 2.05) is 11.8 Å². The van der Waals surface area contributed by atoms with Crippen molar-refractivity contribution in [3.8, 4) is 0 Å². The molecule has 1 aromatic rings.